The Morgan fingerprint density at radius 1 is 1.12 bits per heavy atom. The van der Waals surface area contributed by atoms with Crippen LogP contribution in [-0.2, 0) is 19.4 Å². The molecule has 0 atom stereocenters. The number of hydrogen-bond acceptors (Lipinski definition) is 5. The Balaban J connectivity index is 1.97. The number of ether oxygens (including phenoxy) is 1. The summed E-state index contributed by atoms with van der Waals surface area (Å²) in [6, 6.07) is 5.11. The zero-order valence-corrected chi connectivity index (χ0v) is 14.8. The number of rotatable bonds is 6. The molecule has 0 N–H and O–H groups in total. The quantitative estimate of drug-likeness (QED) is 0.640. The van der Waals surface area contributed by atoms with Crippen molar-refractivity contribution in [3.63, 3.8) is 0 Å². The van der Waals surface area contributed by atoms with Gasteiger partial charge in [0.25, 0.3) is 0 Å². The lowest BCUT2D eigenvalue weighted by molar-refractivity contribution is 0.406. The van der Waals surface area contributed by atoms with Gasteiger partial charge in [0.05, 0.1) is 5.69 Å². The van der Waals surface area contributed by atoms with Crippen LogP contribution in [-0.4, -0.2) is 19.9 Å². The van der Waals surface area contributed by atoms with Gasteiger partial charge in [0.2, 0.25) is 6.39 Å². The fraction of sp³-hybridized carbons (Fsp3) is 0.312. The van der Waals surface area contributed by atoms with E-state index in [0.717, 1.165) is 30.0 Å². The molecule has 0 amide bonds. The molecular weight excluding hydrogens is 351 g/mol. The average molecular weight is 367 g/mol. The molecule has 0 aliphatic carbocycles. The average Bonchev–Trinajstić information content (AvgIpc) is 3.14. The Hall–Kier alpha value is -2.05. The van der Waals surface area contributed by atoms with Crippen molar-refractivity contribution in [2.45, 2.75) is 33.2 Å². The lowest BCUT2D eigenvalue weighted by atomic mass is 10.2. The van der Waals surface area contributed by atoms with Crippen molar-refractivity contribution in [1.29, 1.82) is 0 Å². The minimum absolute atomic E-state index is 0.423. The number of nitrogens with zero attached hydrogens (tertiary/aromatic N) is 4. The number of aryl methyl sites for hydroxylation is 1. The van der Waals surface area contributed by atoms with Crippen LogP contribution >= 0.6 is 23.2 Å². The monoisotopic (exact) mass is 366 g/mol. The highest BCUT2D eigenvalue weighted by Gasteiger charge is 2.19. The summed E-state index contributed by atoms with van der Waals surface area (Å²) in [5, 5.41) is 9.50. The third-order valence-electron chi connectivity index (χ3n) is 3.50. The van der Waals surface area contributed by atoms with E-state index >= 15 is 0 Å². The standard InChI is InChI=1S/C16H16Cl2N4O2/c1-3-13-16(24-12-6-10(17)5-11(18)7-12)14(4-2)22(20-13)8-15-19-9-23-21-15/h5-7,9H,3-4,8H2,1-2H3. The Morgan fingerprint density at radius 3 is 2.46 bits per heavy atom. The van der Waals surface area contributed by atoms with Crippen LogP contribution in [0.5, 0.6) is 11.5 Å². The lowest BCUT2D eigenvalue weighted by Gasteiger charge is -2.09. The highest BCUT2D eigenvalue weighted by molar-refractivity contribution is 6.34. The van der Waals surface area contributed by atoms with Crippen LogP contribution < -0.4 is 4.74 Å². The SMILES string of the molecule is CCc1nn(Cc2ncon2)c(CC)c1Oc1cc(Cl)cc(Cl)c1. The summed E-state index contributed by atoms with van der Waals surface area (Å²) in [7, 11) is 0. The summed E-state index contributed by atoms with van der Waals surface area (Å²) in [6.45, 7) is 4.49. The number of hydrogen-bond donors (Lipinski definition) is 0. The van der Waals surface area contributed by atoms with Crippen LogP contribution in [0.4, 0.5) is 0 Å². The van der Waals surface area contributed by atoms with E-state index in [1.807, 2.05) is 18.5 Å². The molecule has 0 unspecified atom stereocenters. The van der Waals surface area contributed by atoms with Crippen LogP contribution in [0, 0.1) is 0 Å². The molecule has 24 heavy (non-hydrogen) atoms. The van der Waals surface area contributed by atoms with Crippen molar-refractivity contribution in [1.82, 2.24) is 19.9 Å². The summed E-state index contributed by atoms with van der Waals surface area (Å²) in [4.78, 5) is 4.04. The molecule has 0 saturated carbocycles. The highest BCUT2D eigenvalue weighted by Crippen LogP contribution is 2.33. The largest absolute Gasteiger partial charge is 0.453 e. The van der Waals surface area contributed by atoms with Crippen LogP contribution in [0.25, 0.3) is 0 Å². The van der Waals surface area contributed by atoms with E-state index in [1.165, 1.54) is 6.39 Å². The molecule has 3 rings (SSSR count). The van der Waals surface area contributed by atoms with Gasteiger partial charge in [0.1, 0.15) is 18.0 Å². The Labute approximate surface area is 149 Å². The molecule has 0 radical (unpaired) electrons. The van der Waals surface area contributed by atoms with Crippen LogP contribution in [0.15, 0.2) is 29.1 Å². The Bertz CT molecular complexity index is 811. The summed E-state index contributed by atoms with van der Waals surface area (Å²) in [5.74, 6) is 1.87. The summed E-state index contributed by atoms with van der Waals surface area (Å²) < 4.78 is 12.7. The summed E-state index contributed by atoms with van der Waals surface area (Å²) in [5.41, 5.74) is 1.80. The van der Waals surface area contributed by atoms with Crippen molar-refractivity contribution in [2.24, 2.45) is 0 Å². The smallest absolute Gasteiger partial charge is 0.213 e. The fourth-order valence-corrected chi connectivity index (χ4v) is 2.97. The van der Waals surface area contributed by atoms with Gasteiger partial charge in [-0.25, -0.2) is 0 Å². The molecule has 2 aromatic heterocycles. The normalized spacial score (nSPS) is 11.0. The summed E-state index contributed by atoms with van der Waals surface area (Å²) in [6.07, 6.45) is 2.78. The maximum absolute atomic E-state index is 6.07. The van der Waals surface area contributed by atoms with Gasteiger partial charge < -0.3 is 9.26 Å². The van der Waals surface area contributed by atoms with Crippen LogP contribution in [0.3, 0.4) is 0 Å². The molecule has 0 fully saturated rings. The fourth-order valence-electron chi connectivity index (χ4n) is 2.46. The van der Waals surface area contributed by atoms with E-state index in [9.17, 15) is 0 Å². The minimum atomic E-state index is 0.423. The molecule has 0 bridgehead atoms. The van der Waals surface area contributed by atoms with E-state index in [0.29, 0.717) is 28.2 Å². The molecule has 0 saturated heterocycles. The first-order valence-corrected chi connectivity index (χ1v) is 8.34. The maximum atomic E-state index is 6.07. The first-order chi connectivity index (χ1) is 11.6. The van der Waals surface area contributed by atoms with E-state index < -0.39 is 0 Å². The molecule has 0 spiro atoms. The van der Waals surface area contributed by atoms with E-state index in [1.54, 1.807) is 18.2 Å². The van der Waals surface area contributed by atoms with Crippen molar-refractivity contribution < 1.29 is 9.26 Å². The van der Waals surface area contributed by atoms with E-state index in [4.69, 9.17) is 32.5 Å². The van der Waals surface area contributed by atoms with Gasteiger partial charge in [-0.3, -0.25) is 4.68 Å². The van der Waals surface area contributed by atoms with Crippen LogP contribution in [0.2, 0.25) is 10.0 Å². The molecule has 8 heteroatoms. The van der Waals surface area contributed by atoms with E-state index in [2.05, 4.69) is 15.2 Å². The first kappa shape index (κ1) is 16.8. The zero-order valence-electron chi connectivity index (χ0n) is 13.3. The third kappa shape index (κ3) is 3.55. The van der Waals surface area contributed by atoms with Crippen LogP contribution in [0.1, 0.15) is 31.1 Å². The molecule has 1 aromatic carbocycles. The zero-order chi connectivity index (χ0) is 17.1. The third-order valence-corrected chi connectivity index (χ3v) is 3.94. The van der Waals surface area contributed by atoms with Crippen molar-refractivity contribution in [3.8, 4) is 11.5 Å². The molecule has 2 heterocycles. The van der Waals surface area contributed by atoms with Gasteiger partial charge in [0.15, 0.2) is 11.6 Å². The molecule has 0 aliphatic heterocycles. The second kappa shape index (κ2) is 7.23. The van der Waals surface area contributed by atoms with Crippen molar-refractivity contribution in [3.05, 3.63) is 51.9 Å². The molecule has 0 aliphatic rings. The first-order valence-electron chi connectivity index (χ1n) is 7.58. The highest BCUT2D eigenvalue weighted by atomic mass is 35.5. The number of benzene rings is 1. The van der Waals surface area contributed by atoms with Gasteiger partial charge in [-0.05, 0) is 31.0 Å². The van der Waals surface area contributed by atoms with Gasteiger partial charge in [-0.15, -0.1) is 0 Å². The Morgan fingerprint density at radius 2 is 1.88 bits per heavy atom. The molecule has 126 valence electrons. The molecular formula is C16H16Cl2N4O2. The number of halogens is 2. The number of aromatic nitrogens is 4. The summed E-state index contributed by atoms with van der Waals surface area (Å²) >= 11 is 12.1. The van der Waals surface area contributed by atoms with Crippen molar-refractivity contribution in [2.75, 3.05) is 0 Å². The van der Waals surface area contributed by atoms with Gasteiger partial charge in [-0.2, -0.15) is 10.1 Å². The van der Waals surface area contributed by atoms with Gasteiger partial charge in [-0.1, -0.05) is 42.2 Å². The topological polar surface area (TPSA) is 66.0 Å². The van der Waals surface area contributed by atoms with E-state index in [-0.39, 0.29) is 0 Å². The predicted molar refractivity (Wildman–Crippen MR) is 90.9 cm³/mol. The predicted octanol–water partition coefficient (Wildman–Crippen LogP) is 4.54. The maximum Gasteiger partial charge on any atom is 0.213 e. The second-order valence-corrected chi connectivity index (χ2v) is 6.01. The molecule has 6 nitrogen and oxygen atoms in total. The minimum Gasteiger partial charge on any atom is -0.453 e. The second-order valence-electron chi connectivity index (χ2n) is 5.14. The Kier molecular flexibility index (Phi) is 5.06. The van der Waals surface area contributed by atoms with Gasteiger partial charge >= 0.3 is 0 Å². The van der Waals surface area contributed by atoms with Crippen molar-refractivity contribution >= 4 is 23.2 Å². The van der Waals surface area contributed by atoms with Gasteiger partial charge in [0, 0.05) is 10.0 Å². The molecule has 3 aromatic rings. The lowest BCUT2D eigenvalue weighted by Crippen LogP contribution is -2.07.